The third-order valence-electron chi connectivity index (χ3n) is 5.62. The lowest BCUT2D eigenvalue weighted by molar-refractivity contribution is 0.173. The molecular formula is C17H28N6O. The third-order valence-corrected chi connectivity index (χ3v) is 5.62. The van der Waals surface area contributed by atoms with Crippen molar-refractivity contribution >= 4 is 5.96 Å². The second kappa shape index (κ2) is 6.70. The van der Waals surface area contributed by atoms with Gasteiger partial charge in [0.15, 0.2) is 11.8 Å². The minimum absolute atomic E-state index is 0.583. The molecule has 1 aliphatic carbocycles. The number of nitrogens with one attached hydrogen (secondary N) is 1. The van der Waals surface area contributed by atoms with Gasteiger partial charge in [0, 0.05) is 39.4 Å². The molecule has 0 radical (unpaired) electrons. The molecule has 3 aliphatic rings. The van der Waals surface area contributed by atoms with Crippen LogP contribution >= 0.6 is 0 Å². The van der Waals surface area contributed by atoms with Crippen LogP contribution in [0.5, 0.6) is 0 Å². The third kappa shape index (κ3) is 3.41. The van der Waals surface area contributed by atoms with Crippen LogP contribution in [0.4, 0.5) is 0 Å². The van der Waals surface area contributed by atoms with Crippen molar-refractivity contribution in [2.24, 2.45) is 23.9 Å². The van der Waals surface area contributed by atoms with Crippen molar-refractivity contribution < 1.29 is 4.74 Å². The van der Waals surface area contributed by atoms with Crippen molar-refractivity contribution in [2.45, 2.75) is 45.2 Å². The van der Waals surface area contributed by atoms with Crippen molar-refractivity contribution in [3.05, 3.63) is 11.6 Å². The van der Waals surface area contributed by atoms with Gasteiger partial charge in [0.05, 0.1) is 0 Å². The first-order valence-corrected chi connectivity index (χ1v) is 9.19. The van der Waals surface area contributed by atoms with Crippen molar-refractivity contribution in [2.75, 3.05) is 26.3 Å². The predicted molar refractivity (Wildman–Crippen MR) is 91.6 cm³/mol. The molecule has 2 aliphatic heterocycles. The van der Waals surface area contributed by atoms with Crippen LogP contribution in [0.2, 0.25) is 0 Å². The highest BCUT2D eigenvalue weighted by atomic mass is 16.5. The van der Waals surface area contributed by atoms with E-state index in [9.17, 15) is 0 Å². The first-order valence-electron chi connectivity index (χ1n) is 9.19. The molecule has 0 amide bonds. The van der Waals surface area contributed by atoms with Gasteiger partial charge in [-0.05, 0) is 44.4 Å². The van der Waals surface area contributed by atoms with Gasteiger partial charge in [-0.25, -0.2) is 4.99 Å². The monoisotopic (exact) mass is 332 g/mol. The summed E-state index contributed by atoms with van der Waals surface area (Å²) in [6.45, 7) is 6.63. The Hall–Kier alpha value is -1.63. The van der Waals surface area contributed by atoms with E-state index in [0.29, 0.717) is 12.6 Å². The second-order valence-corrected chi connectivity index (χ2v) is 7.40. The maximum absolute atomic E-state index is 5.58. The van der Waals surface area contributed by atoms with Gasteiger partial charge < -0.3 is 19.5 Å². The quantitative estimate of drug-likeness (QED) is 0.660. The normalized spacial score (nSPS) is 27.9. The number of aryl methyl sites for hydroxylation is 1. The predicted octanol–water partition coefficient (Wildman–Crippen LogP) is 1.09. The maximum Gasteiger partial charge on any atom is 0.194 e. The molecule has 2 unspecified atom stereocenters. The van der Waals surface area contributed by atoms with Crippen LogP contribution in [0.1, 0.15) is 37.3 Å². The van der Waals surface area contributed by atoms with E-state index in [2.05, 4.69) is 20.4 Å². The summed E-state index contributed by atoms with van der Waals surface area (Å²) in [5, 5.41) is 12.0. The standard InChI is InChI=1S/C17H28N6O/c1-12-20-21-16(22(12)2)9-18-17(19-15-3-4-15)23-7-5-13(10-23)14-6-8-24-11-14/h13-15H,3-11H2,1-2H3,(H,18,19). The molecule has 4 rings (SSSR count). The zero-order chi connectivity index (χ0) is 16.5. The number of aromatic nitrogens is 3. The van der Waals surface area contributed by atoms with Gasteiger partial charge in [-0.2, -0.15) is 0 Å². The Morgan fingerprint density at radius 3 is 2.79 bits per heavy atom. The maximum atomic E-state index is 5.58. The zero-order valence-corrected chi connectivity index (χ0v) is 14.7. The summed E-state index contributed by atoms with van der Waals surface area (Å²) in [7, 11) is 2.00. The van der Waals surface area contributed by atoms with E-state index in [1.165, 1.54) is 25.7 Å². The molecule has 1 saturated carbocycles. The number of likely N-dealkylation sites (tertiary alicyclic amines) is 1. The van der Waals surface area contributed by atoms with Gasteiger partial charge in [-0.1, -0.05) is 0 Å². The first-order chi connectivity index (χ1) is 11.7. The van der Waals surface area contributed by atoms with Gasteiger partial charge in [-0.15, -0.1) is 10.2 Å². The van der Waals surface area contributed by atoms with Crippen LogP contribution < -0.4 is 5.32 Å². The molecule has 2 saturated heterocycles. The summed E-state index contributed by atoms with van der Waals surface area (Å²) in [5.41, 5.74) is 0. The molecule has 0 bridgehead atoms. The van der Waals surface area contributed by atoms with Crippen LogP contribution in [0.25, 0.3) is 0 Å². The number of nitrogens with zero attached hydrogens (tertiary/aromatic N) is 5. The number of rotatable bonds is 4. The Morgan fingerprint density at radius 1 is 1.25 bits per heavy atom. The Morgan fingerprint density at radius 2 is 2.12 bits per heavy atom. The van der Waals surface area contributed by atoms with Gasteiger partial charge in [0.2, 0.25) is 0 Å². The van der Waals surface area contributed by atoms with Crippen LogP contribution in [0.3, 0.4) is 0 Å². The van der Waals surface area contributed by atoms with Gasteiger partial charge in [-0.3, -0.25) is 0 Å². The summed E-state index contributed by atoms with van der Waals surface area (Å²) >= 11 is 0. The van der Waals surface area contributed by atoms with Gasteiger partial charge in [0.25, 0.3) is 0 Å². The average Bonchev–Trinajstić information content (AvgIpc) is 2.99. The molecule has 0 spiro atoms. The van der Waals surface area contributed by atoms with Crippen molar-refractivity contribution in [1.29, 1.82) is 0 Å². The van der Waals surface area contributed by atoms with Crippen LogP contribution in [0.15, 0.2) is 4.99 Å². The molecule has 24 heavy (non-hydrogen) atoms. The van der Waals surface area contributed by atoms with E-state index < -0.39 is 0 Å². The number of ether oxygens (including phenoxy) is 1. The molecule has 0 aromatic carbocycles. The molecule has 1 N–H and O–H groups in total. The lowest BCUT2D eigenvalue weighted by Crippen LogP contribution is -2.41. The summed E-state index contributed by atoms with van der Waals surface area (Å²) in [5.74, 6) is 4.39. The zero-order valence-electron chi connectivity index (χ0n) is 14.7. The molecule has 1 aromatic heterocycles. The van der Waals surface area contributed by atoms with E-state index in [4.69, 9.17) is 9.73 Å². The molecule has 3 fully saturated rings. The van der Waals surface area contributed by atoms with Gasteiger partial charge >= 0.3 is 0 Å². The fourth-order valence-corrected chi connectivity index (χ4v) is 3.67. The Kier molecular flexibility index (Phi) is 4.43. The Labute approximate surface area is 143 Å². The SMILES string of the molecule is Cc1nnc(CN=C(NC2CC2)N2CCC(C3CCOC3)C2)n1C. The van der Waals surface area contributed by atoms with E-state index in [1.54, 1.807) is 0 Å². The summed E-state index contributed by atoms with van der Waals surface area (Å²) in [6, 6.07) is 0.610. The largest absolute Gasteiger partial charge is 0.381 e. The van der Waals surface area contributed by atoms with E-state index in [0.717, 1.165) is 55.7 Å². The molecule has 1 aromatic rings. The number of hydrogen-bond acceptors (Lipinski definition) is 4. The van der Waals surface area contributed by atoms with E-state index in [-0.39, 0.29) is 0 Å². The molecule has 2 atom stereocenters. The molecule has 3 heterocycles. The summed E-state index contributed by atoms with van der Waals surface area (Å²) < 4.78 is 7.59. The Balaban J connectivity index is 1.43. The average molecular weight is 332 g/mol. The fraction of sp³-hybridized carbons (Fsp3) is 0.824. The van der Waals surface area contributed by atoms with Crippen molar-refractivity contribution in [3.8, 4) is 0 Å². The number of aliphatic imine (C=N–C) groups is 1. The Bertz CT molecular complexity index is 602. The van der Waals surface area contributed by atoms with E-state index >= 15 is 0 Å². The highest BCUT2D eigenvalue weighted by Crippen LogP contribution is 2.30. The van der Waals surface area contributed by atoms with Crippen LogP contribution in [-0.2, 0) is 18.3 Å². The van der Waals surface area contributed by atoms with Crippen LogP contribution in [0, 0.1) is 18.8 Å². The molecule has 132 valence electrons. The second-order valence-electron chi connectivity index (χ2n) is 7.40. The van der Waals surface area contributed by atoms with Crippen molar-refractivity contribution in [3.63, 3.8) is 0 Å². The topological polar surface area (TPSA) is 67.6 Å². The smallest absolute Gasteiger partial charge is 0.194 e. The van der Waals surface area contributed by atoms with Crippen molar-refractivity contribution in [1.82, 2.24) is 25.0 Å². The molecule has 7 heteroatoms. The lowest BCUT2D eigenvalue weighted by atomic mass is 9.91. The number of hydrogen-bond donors (Lipinski definition) is 1. The highest BCUT2D eigenvalue weighted by molar-refractivity contribution is 5.80. The van der Waals surface area contributed by atoms with Crippen LogP contribution in [-0.4, -0.2) is 58.0 Å². The minimum atomic E-state index is 0.583. The molecular weight excluding hydrogens is 304 g/mol. The van der Waals surface area contributed by atoms with E-state index in [1.807, 2.05) is 18.5 Å². The lowest BCUT2D eigenvalue weighted by Gasteiger charge is -2.23. The van der Waals surface area contributed by atoms with Gasteiger partial charge in [0.1, 0.15) is 12.4 Å². The minimum Gasteiger partial charge on any atom is -0.381 e. The fourth-order valence-electron chi connectivity index (χ4n) is 3.67. The number of guanidine groups is 1. The summed E-state index contributed by atoms with van der Waals surface area (Å²) in [6.07, 6.45) is 4.99. The molecule has 7 nitrogen and oxygen atoms in total. The highest BCUT2D eigenvalue weighted by Gasteiger charge is 2.34. The first kappa shape index (κ1) is 15.9. The summed E-state index contributed by atoms with van der Waals surface area (Å²) in [4.78, 5) is 7.30.